The molecule has 0 fully saturated rings. The Morgan fingerprint density at radius 3 is 2.00 bits per heavy atom. The normalized spacial score (nSPS) is 6.50. The number of rotatable bonds is 1. The van der Waals surface area contributed by atoms with Gasteiger partial charge in [0.2, 0.25) is 5.91 Å². The molecule has 0 aromatic rings. The molecule has 0 aromatic heterocycles. The summed E-state index contributed by atoms with van der Waals surface area (Å²) < 4.78 is 0. The molecule has 0 atom stereocenters. The highest BCUT2D eigenvalue weighted by Gasteiger charge is 1.77. The number of carbonyl (C=O) groups is 1. The van der Waals surface area contributed by atoms with Crippen LogP contribution in [0, 0.1) is 11.3 Å². The van der Waals surface area contributed by atoms with E-state index in [-0.39, 0.29) is 5.91 Å². The SMILES string of the molecule is C=C(C)C#N.CCC(N)=O. The van der Waals surface area contributed by atoms with Gasteiger partial charge in [-0.3, -0.25) is 4.79 Å². The van der Waals surface area contributed by atoms with E-state index in [4.69, 9.17) is 5.26 Å². The van der Waals surface area contributed by atoms with E-state index < -0.39 is 0 Å². The first kappa shape index (κ1) is 11.5. The molecular weight excluding hydrogens is 128 g/mol. The molecule has 0 saturated carbocycles. The fraction of sp³-hybridized carbons (Fsp3) is 0.429. The molecule has 0 bridgehead atoms. The molecule has 1 amide bonds. The van der Waals surface area contributed by atoms with Gasteiger partial charge in [0.15, 0.2) is 0 Å². The summed E-state index contributed by atoms with van der Waals surface area (Å²) in [5.74, 6) is -0.245. The van der Waals surface area contributed by atoms with Crippen molar-refractivity contribution in [2.45, 2.75) is 20.3 Å². The van der Waals surface area contributed by atoms with Crippen LogP contribution in [0.3, 0.4) is 0 Å². The van der Waals surface area contributed by atoms with Crippen molar-refractivity contribution in [3.63, 3.8) is 0 Å². The van der Waals surface area contributed by atoms with Crippen LogP contribution in [0.15, 0.2) is 12.2 Å². The highest BCUT2D eigenvalue weighted by atomic mass is 16.1. The topological polar surface area (TPSA) is 66.9 Å². The Kier molecular flexibility index (Phi) is 8.85. The van der Waals surface area contributed by atoms with Gasteiger partial charge in [0, 0.05) is 12.0 Å². The smallest absolute Gasteiger partial charge is 0.217 e. The van der Waals surface area contributed by atoms with Gasteiger partial charge in [-0.2, -0.15) is 5.26 Å². The molecule has 0 spiro atoms. The Morgan fingerprint density at radius 2 is 2.00 bits per heavy atom. The van der Waals surface area contributed by atoms with Crippen LogP contribution < -0.4 is 5.73 Å². The number of primary amides is 1. The number of allylic oxidation sites excluding steroid dienone is 1. The van der Waals surface area contributed by atoms with Gasteiger partial charge in [0.1, 0.15) is 0 Å². The summed E-state index contributed by atoms with van der Waals surface area (Å²) in [5, 5.41) is 7.79. The lowest BCUT2D eigenvalue weighted by molar-refractivity contribution is -0.117. The first-order valence-corrected chi connectivity index (χ1v) is 2.88. The molecule has 56 valence electrons. The summed E-state index contributed by atoms with van der Waals surface area (Å²) in [5.41, 5.74) is 5.21. The molecule has 0 saturated heterocycles. The van der Waals surface area contributed by atoms with E-state index >= 15 is 0 Å². The fourth-order valence-corrected chi connectivity index (χ4v) is 0. The van der Waals surface area contributed by atoms with Crippen molar-refractivity contribution < 1.29 is 4.79 Å². The molecule has 0 radical (unpaired) electrons. The number of nitrogens with zero attached hydrogens (tertiary/aromatic N) is 1. The zero-order valence-electron chi connectivity index (χ0n) is 6.35. The number of nitriles is 1. The minimum absolute atomic E-state index is 0.245. The van der Waals surface area contributed by atoms with E-state index in [0.717, 1.165) is 0 Å². The lowest BCUT2D eigenvalue weighted by Crippen LogP contribution is -2.06. The number of hydrogen-bond donors (Lipinski definition) is 1. The van der Waals surface area contributed by atoms with Gasteiger partial charge in [-0.1, -0.05) is 13.5 Å². The van der Waals surface area contributed by atoms with Crippen molar-refractivity contribution in [2.75, 3.05) is 0 Å². The molecule has 0 rings (SSSR count). The second-order valence-corrected chi connectivity index (χ2v) is 1.71. The Morgan fingerprint density at radius 1 is 1.80 bits per heavy atom. The molecule has 0 aliphatic carbocycles. The maximum Gasteiger partial charge on any atom is 0.217 e. The maximum absolute atomic E-state index is 9.59. The van der Waals surface area contributed by atoms with Crippen LogP contribution >= 0.6 is 0 Å². The van der Waals surface area contributed by atoms with Crippen molar-refractivity contribution >= 4 is 5.91 Å². The predicted octanol–water partition coefficient (Wildman–Crippen LogP) is 0.968. The van der Waals surface area contributed by atoms with E-state index in [2.05, 4.69) is 12.3 Å². The second-order valence-electron chi connectivity index (χ2n) is 1.71. The van der Waals surface area contributed by atoms with Gasteiger partial charge in [-0.15, -0.1) is 0 Å². The van der Waals surface area contributed by atoms with Crippen LogP contribution in [-0.2, 0) is 4.79 Å². The van der Waals surface area contributed by atoms with Gasteiger partial charge >= 0.3 is 0 Å². The summed E-state index contributed by atoms with van der Waals surface area (Å²) in [6.07, 6.45) is 0.444. The highest BCUT2D eigenvalue weighted by molar-refractivity contribution is 5.73. The molecule has 3 heteroatoms. The molecule has 0 heterocycles. The lowest BCUT2D eigenvalue weighted by atomic mass is 10.4. The summed E-state index contributed by atoms with van der Waals surface area (Å²) in [4.78, 5) is 9.59. The average Bonchev–Trinajstić information content (AvgIpc) is 1.89. The van der Waals surface area contributed by atoms with E-state index in [1.54, 1.807) is 13.8 Å². The Labute approximate surface area is 61.1 Å². The van der Waals surface area contributed by atoms with Crippen LogP contribution in [0.2, 0.25) is 0 Å². The number of amides is 1. The van der Waals surface area contributed by atoms with Crippen LogP contribution in [0.5, 0.6) is 0 Å². The standard InChI is InChI=1S/C4H5N.C3H7NO/c1-4(2)3-5;1-2-3(4)5/h1H2,2H3;2H2,1H3,(H2,4,5). The van der Waals surface area contributed by atoms with Crippen LogP contribution in [0.1, 0.15) is 20.3 Å². The van der Waals surface area contributed by atoms with Crippen molar-refractivity contribution in [1.82, 2.24) is 0 Å². The minimum atomic E-state index is -0.245. The summed E-state index contributed by atoms with van der Waals surface area (Å²) >= 11 is 0. The van der Waals surface area contributed by atoms with E-state index in [1.165, 1.54) is 0 Å². The molecule has 10 heavy (non-hydrogen) atoms. The first-order chi connectivity index (χ1) is 4.54. The average molecular weight is 140 g/mol. The van der Waals surface area contributed by atoms with Crippen molar-refractivity contribution in [3.05, 3.63) is 12.2 Å². The molecule has 0 aliphatic rings. The molecule has 0 aromatic carbocycles. The third-order valence-corrected chi connectivity index (χ3v) is 0.539. The number of carbonyl (C=O) groups excluding carboxylic acids is 1. The Hall–Kier alpha value is -1.30. The zero-order chi connectivity index (χ0) is 8.57. The van der Waals surface area contributed by atoms with E-state index in [1.807, 2.05) is 6.07 Å². The quantitative estimate of drug-likeness (QED) is 0.551. The molecule has 3 nitrogen and oxygen atoms in total. The second kappa shape index (κ2) is 7.70. The highest BCUT2D eigenvalue weighted by Crippen LogP contribution is 1.74. The number of hydrogen-bond acceptors (Lipinski definition) is 2. The minimum Gasteiger partial charge on any atom is -0.370 e. The van der Waals surface area contributed by atoms with Gasteiger partial charge in [0.05, 0.1) is 6.07 Å². The van der Waals surface area contributed by atoms with Crippen LogP contribution in [0.4, 0.5) is 0 Å². The monoisotopic (exact) mass is 140 g/mol. The van der Waals surface area contributed by atoms with Gasteiger partial charge in [-0.05, 0) is 6.92 Å². The first-order valence-electron chi connectivity index (χ1n) is 2.88. The van der Waals surface area contributed by atoms with Gasteiger partial charge in [0.25, 0.3) is 0 Å². The van der Waals surface area contributed by atoms with Crippen molar-refractivity contribution in [3.8, 4) is 6.07 Å². The predicted molar refractivity (Wildman–Crippen MR) is 39.9 cm³/mol. The van der Waals surface area contributed by atoms with Gasteiger partial charge in [-0.25, -0.2) is 0 Å². The summed E-state index contributed by atoms with van der Waals surface area (Å²) in [6, 6.07) is 1.83. The van der Waals surface area contributed by atoms with Crippen molar-refractivity contribution in [1.29, 1.82) is 5.26 Å². The van der Waals surface area contributed by atoms with Crippen LogP contribution in [-0.4, -0.2) is 5.91 Å². The largest absolute Gasteiger partial charge is 0.370 e. The van der Waals surface area contributed by atoms with E-state index in [9.17, 15) is 4.79 Å². The molecular formula is C7H12N2O. The third kappa shape index (κ3) is 29.9. The lowest BCUT2D eigenvalue weighted by Gasteiger charge is -1.73. The van der Waals surface area contributed by atoms with E-state index in [0.29, 0.717) is 12.0 Å². The molecule has 2 N–H and O–H groups in total. The Bertz CT molecular complexity index is 155. The van der Waals surface area contributed by atoms with Crippen LogP contribution in [0.25, 0.3) is 0 Å². The third-order valence-electron chi connectivity index (χ3n) is 0.539. The van der Waals surface area contributed by atoms with Gasteiger partial charge < -0.3 is 5.73 Å². The molecule has 0 aliphatic heterocycles. The molecule has 0 unspecified atom stereocenters. The maximum atomic E-state index is 9.59. The summed E-state index contributed by atoms with van der Waals surface area (Å²) in [6.45, 7) is 6.70. The number of nitrogens with two attached hydrogens (primary N) is 1. The summed E-state index contributed by atoms with van der Waals surface area (Å²) in [7, 11) is 0. The van der Waals surface area contributed by atoms with Crippen molar-refractivity contribution in [2.24, 2.45) is 5.73 Å². The Balaban J connectivity index is 0. The fourth-order valence-electron chi connectivity index (χ4n) is 0. The zero-order valence-corrected chi connectivity index (χ0v) is 6.35.